The van der Waals surface area contributed by atoms with Crippen molar-refractivity contribution in [1.29, 1.82) is 0 Å². The zero-order valence-corrected chi connectivity index (χ0v) is 13.7. The first-order valence-corrected chi connectivity index (χ1v) is 8.31. The van der Waals surface area contributed by atoms with Crippen LogP contribution in [-0.2, 0) is 11.3 Å². The third kappa shape index (κ3) is 3.26. The van der Waals surface area contributed by atoms with Gasteiger partial charge >= 0.3 is 0 Å². The summed E-state index contributed by atoms with van der Waals surface area (Å²) in [6.07, 6.45) is 0.865. The number of amides is 1. The standard InChI is InChI=1S/C19H19N3O3/c23-10-18-21-16-6-5-14(9-17(16)22-18)12-1-3-13(4-2-12)19(24)20-15-7-8-25-11-15/h1-6,9,15,23H,7-8,10-11H2,(H,20,24)(H,21,22)/t15-/m1/s1. The van der Waals surface area contributed by atoms with E-state index in [2.05, 4.69) is 15.3 Å². The summed E-state index contributed by atoms with van der Waals surface area (Å²) in [5, 5.41) is 12.2. The predicted octanol–water partition coefficient (Wildman–Crippen LogP) is 2.24. The monoisotopic (exact) mass is 337 g/mol. The number of H-pyrrole nitrogens is 1. The fraction of sp³-hybridized carbons (Fsp3) is 0.263. The third-order valence-corrected chi connectivity index (χ3v) is 4.43. The second-order valence-electron chi connectivity index (χ2n) is 6.18. The van der Waals surface area contributed by atoms with Crippen molar-refractivity contribution in [2.75, 3.05) is 13.2 Å². The van der Waals surface area contributed by atoms with Gasteiger partial charge in [-0.1, -0.05) is 18.2 Å². The van der Waals surface area contributed by atoms with Crippen molar-refractivity contribution in [3.63, 3.8) is 0 Å². The van der Waals surface area contributed by atoms with Crippen LogP contribution in [0.25, 0.3) is 22.2 Å². The molecule has 1 atom stereocenters. The fourth-order valence-corrected chi connectivity index (χ4v) is 3.05. The van der Waals surface area contributed by atoms with Crippen LogP contribution in [0.5, 0.6) is 0 Å². The number of ether oxygens (including phenoxy) is 1. The number of imidazole rings is 1. The Morgan fingerprint density at radius 1 is 1.24 bits per heavy atom. The molecular formula is C19H19N3O3. The number of hydrogen-bond acceptors (Lipinski definition) is 4. The largest absolute Gasteiger partial charge is 0.388 e. The number of nitrogens with one attached hydrogen (secondary N) is 2. The Kier molecular flexibility index (Phi) is 4.21. The van der Waals surface area contributed by atoms with Crippen LogP contribution in [0.1, 0.15) is 22.6 Å². The Hall–Kier alpha value is -2.70. The highest BCUT2D eigenvalue weighted by Gasteiger charge is 2.18. The first-order chi connectivity index (χ1) is 12.2. The lowest BCUT2D eigenvalue weighted by atomic mass is 10.0. The molecule has 1 amide bonds. The Labute approximate surface area is 144 Å². The number of carbonyl (C=O) groups excluding carboxylic acids is 1. The quantitative estimate of drug-likeness (QED) is 0.681. The van der Waals surface area contributed by atoms with Gasteiger partial charge in [0, 0.05) is 12.2 Å². The van der Waals surface area contributed by atoms with E-state index < -0.39 is 0 Å². The Morgan fingerprint density at radius 3 is 2.76 bits per heavy atom. The maximum Gasteiger partial charge on any atom is 0.251 e. The van der Waals surface area contributed by atoms with Crippen molar-refractivity contribution in [3.05, 3.63) is 53.9 Å². The SMILES string of the molecule is O=C(N[C@@H]1CCOC1)c1ccc(-c2ccc3nc(CO)[nH]c3c2)cc1. The van der Waals surface area contributed by atoms with E-state index in [9.17, 15) is 9.90 Å². The molecule has 1 aliphatic heterocycles. The number of fused-ring (bicyclic) bond motifs is 1. The molecule has 3 aromatic rings. The van der Waals surface area contributed by atoms with Gasteiger partial charge in [0.15, 0.2) is 0 Å². The van der Waals surface area contributed by atoms with Crippen LogP contribution < -0.4 is 5.32 Å². The third-order valence-electron chi connectivity index (χ3n) is 4.43. The van der Waals surface area contributed by atoms with E-state index in [-0.39, 0.29) is 18.6 Å². The fourth-order valence-electron chi connectivity index (χ4n) is 3.05. The molecule has 6 nitrogen and oxygen atoms in total. The number of hydrogen-bond donors (Lipinski definition) is 3. The topological polar surface area (TPSA) is 87.2 Å². The van der Waals surface area contributed by atoms with Crippen molar-refractivity contribution in [3.8, 4) is 11.1 Å². The minimum Gasteiger partial charge on any atom is -0.388 e. The number of aliphatic hydroxyl groups excluding tert-OH is 1. The molecule has 0 unspecified atom stereocenters. The molecule has 1 saturated heterocycles. The molecule has 0 spiro atoms. The molecule has 0 aliphatic carbocycles. The number of rotatable bonds is 4. The van der Waals surface area contributed by atoms with Gasteiger partial charge in [-0.05, 0) is 41.8 Å². The van der Waals surface area contributed by atoms with Crippen molar-refractivity contribution in [2.24, 2.45) is 0 Å². The van der Waals surface area contributed by atoms with Crippen molar-refractivity contribution in [2.45, 2.75) is 19.1 Å². The normalized spacial score (nSPS) is 17.1. The highest BCUT2D eigenvalue weighted by Crippen LogP contribution is 2.24. The number of carbonyl (C=O) groups is 1. The summed E-state index contributed by atoms with van der Waals surface area (Å²) in [4.78, 5) is 19.6. The summed E-state index contributed by atoms with van der Waals surface area (Å²) in [6.45, 7) is 1.18. The van der Waals surface area contributed by atoms with Crippen LogP contribution in [0, 0.1) is 0 Å². The van der Waals surface area contributed by atoms with Gasteiger partial charge in [-0.25, -0.2) is 4.98 Å². The van der Waals surface area contributed by atoms with Crippen LogP contribution in [0.3, 0.4) is 0 Å². The first-order valence-electron chi connectivity index (χ1n) is 8.31. The van der Waals surface area contributed by atoms with Crippen LogP contribution in [0.4, 0.5) is 0 Å². The average Bonchev–Trinajstić information content (AvgIpc) is 3.30. The molecule has 3 N–H and O–H groups in total. The van der Waals surface area contributed by atoms with Gasteiger partial charge in [0.2, 0.25) is 0 Å². The number of aliphatic hydroxyl groups is 1. The van der Waals surface area contributed by atoms with Crippen LogP contribution in [-0.4, -0.2) is 40.2 Å². The molecule has 2 aromatic carbocycles. The summed E-state index contributed by atoms with van der Waals surface area (Å²) in [5.41, 5.74) is 4.38. The van der Waals surface area contributed by atoms with E-state index in [0.29, 0.717) is 24.6 Å². The predicted molar refractivity (Wildman–Crippen MR) is 94.1 cm³/mol. The molecule has 0 radical (unpaired) electrons. The Balaban J connectivity index is 1.53. The second-order valence-corrected chi connectivity index (χ2v) is 6.18. The van der Waals surface area contributed by atoms with Crippen molar-refractivity contribution < 1.29 is 14.6 Å². The van der Waals surface area contributed by atoms with Gasteiger partial charge in [-0.15, -0.1) is 0 Å². The summed E-state index contributed by atoms with van der Waals surface area (Å²) < 4.78 is 5.28. The lowest BCUT2D eigenvalue weighted by Gasteiger charge is -2.11. The lowest BCUT2D eigenvalue weighted by Crippen LogP contribution is -2.34. The van der Waals surface area contributed by atoms with Gasteiger partial charge in [0.1, 0.15) is 12.4 Å². The lowest BCUT2D eigenvalue weighted by molar-refractivity contribution is 0.0930. The van der Waals surface area contributed by atoms with E-state index in [4.69, 9.17) is 4.74 Å². The summed E-state index contributed by atoms with van der Waals surface area (Å²) >= 11 is 0. The van der Waals surface area contributed by atoms with Crippen molar-refractivity contribution in [1.82, 2.24) is 15.3 Å². The molecule has 1 fully saturated rings. The van der Waals surface area contributed by atoms with E-state index >= 15 is 0 Å². The summed E-state index contributed by atoms with van der Waals surface area (Å²) in [6, 6.07) is 13.5. The number of aromatic amines is 1. The van der Waals surface area contributed by atoms with Gasteiger partial charge in [-0.3, -0.25) is 4.79 Å². The van der Waals surface area contributed by atoms with Gasteiger partial charge < -0.3 is 20.1 Å². The molecular weight excluding hydrogens is 318 g/mol. The minimum absolute atomic E-state index is 0.0707. The van der Waals surface area contributed by atoms with Gasteiger partial charge in [0.25, 0.3) is 5.91 Å². The second kappa shape index (κ2) is 6.66. The van der Waals surface area contributed by atoms with Gasteiger partial charge in [-0.2, -0.15) is 0 Å². The smallest absolute Gasteiger partial charge is 0.251 e. The molecule has 0 bridgehead atoms. The molecule has 0 saturated carbocycles. The van der Waals surface area contributed by atoms with E-state index in [1.54, 1.807) is 0 Å². The summed E-state index contributed by atoms with van der Waals surface area (Å²) in [5.74, 6) is 0.480. The molecule has 4 rings (SSSR count). The zero-order chi connectivity index (χ0) is 17.2. The maximum absolute atomic E-state index is 12.3. The Bertz CT molecular complexity index is 896. The average molecular weight is 337 g/mol. The van der Waals surface area contributed by atoms with E-state index in [0.717, 1.165) is 28.6 Å². The van der Waals surface area contributed by atoms with E-state index in [1.165, 1.54) is 0 Å². The molecule has 2 heterocycles. The first kappa shape index (κ1) is 15.8. The Morgan fingerprint density at radius 2 is 2.04 bits per heavy atom. The zero-order valence-electron chi connectivity index (χ0n) is 13.7. The highest BCUT2D eigenvalue weighted by atomic mass is 16.5. The van der Waals surface area contributed by atoms with Crippen molar-refractivity contribution >= 4 is 16.9 Å². The maximum atomic E-state index is 12.3. The molecule has 6 heteroatoms. The van der Waals surface area contributed by atoms with Crippen LogP contribution in [0.2, 0.25) is 0 Å². The molecule has 1 aromatic heterocycles. The number of aromatic nitrogens is 2. The molecule has 25 heavy (non-hydrogen) atoms. The molecule has 1 aliphatic rings. The van der Waals surface area contributed by atoms with Gasteiger partial charge in [0.05, 0.1) is 23.7 Å². The minimum atomic E-state index is -0.111. The number of nitrogens with zero attached hydrogens (tertiary/aromatic N) is 1. The van der Waals surface area contributed by atoms with Crippen LogP contribution >= 0.6 is 0 Å². The molecule has 128 valence electrons. The number of benzene rings is 2. The summed E-state index contributed by atoms with van der Waals surface area (Å²) in [7, 11) is 0. The highest BCUT2D eigenvalue weighted by molar-refractivity contribution is 5.95. The van der Waals surface area contributed by atoms with E-state index in [1.807, 2.05) is 42.5 Å². The van der Waals surface area contributed by atoms with Crippen LogP contribution in [0.15, 0.2) is 42.5 Å².